The van der Waals surface area contributed by atoms with E-state index in [1.54, 1.807) is 12.1 Å². The summed E-state index contributed by atoms with van der Waals surface area (Å²) >= 11 is 0. The van der Waals surface area contributed by atoms with Gasteiger partial charge in [0.1, 0.15) is 5.75 Å². The van der Waals surface area contributed by atoms with Gasteiger partial charge in [0, 0.05) is 19.7 Å². The van der Waals surface area contributed by atoms with Crippen LogP contribution in [-0.2, 0) is 6.42 Å². The molecule has 0 fully saturated rings. The Balaban J connectivity index is 2.40. The highest BCUT2D eigenvalue weighted by molar-refractivity contribution is 6.12. The van der Waals surface area contributed by atoms with Crippen molar-refractivity contribution < 1.29 is 9.90 Å². The molecule has 0 saturated heterocycles. The molecule has 3 nitrogen and oxygen atoms in total. The average molecular weight is 325 g/mol. The summed E-state index contributed by atoms with van der Waals surface area (Å²) in [6.07, 6.45) is 5.37. The van der Waals surface area contributed by atoms with E-state index in [-0.39, 0.29) is 11.5 Å². The van der Waals surface area contributed by atoms with E-state index in [2.05, 4.69) is 6.92 Å². The van der Waals surface area contributed by atoms with Crippen molar-refractivity contribution in [3.63, 3.8) is 0 Å². The molecule has 2 rings (SSSR count). The van der Waals surface area contributed by atoms with Crippen LogP contribution >= 0.6 is 0 Å². The van der Waals surface area contributed by atoms with E-state index in [1.165, 1.54) is 12.8 Å². The second-order valence-corrected chi connectivity index (χ2v) is 6.37. The molecule has 0 amide bonds. The molecule has 0 atom stereocenters. The summed E-state index contributed by atoms with van der Waals surface area (Å²) in [6.45, 7) is 2.18. The van der Waals surface area contributed by atoms with E-state index in [0.29, 0.717) is 16.8 Å². The van der Waals surface area contributed by atoms with E-state index in [9.17, 15) is 9.90 Å². The second kappa shape index (κ2) is 8.53. The molecule has 0 aliphatic rings. The number of benzene rings is 2. The highest BCUT2D eigenvalue weighted by atomic mass is 16.3. The maximum Gasteiger partial charge on any atom is 0.197 e. The highest BCUT2D eigenvalue weighted by Gasteiger charge is 2.21. The van der Waals surface area contributed by atoms with Crippen LogP contribution in [0.15, 0.2) is 42.5 Å². The number of phenolic OH excluding ortho intramolecular Hbond substituents is 1. The smallest absolute Gasteiger partial charge is 0.197 e. The van der Waals surface area contributed by atoms with Gasteiger partial charge in [-0.15, -0.1) is 0 Å². The number of carbonyl (C=O) groups is 1. The van der Waals surface area contributed by atoms with Gasteiger partial charge in [0.2, 0.25) is 0 Å². The standard InChI is InChI=1S/C21H27NO2/c1-4-5-6-8-11-16-14-15-18(22(2)3)21(24)19(16)20(23)17-12-9-7-10-13-17/h7,9-10,12-15,24H,4-6,8,11H2,1-3H3. The summed E-state index contributed by atoms with van der Waals surface area (Å²) in [5, 5.41) is 10.7. The summed E-state index contributed by atoms with van der Waals surface area (Å²) in [5.41, 5.74) is 2.66. The fraction of sp³-hybridized carbons (Fsp3) is 0.381. The highest BCUT2D eigenvalue weighted by Crippen LogP contribution is 2.34. The van der Waals surface area contributed by atoms with Crippen LogP contribution < -0.4 is 4.90 Å². The topological polar surface area (TPSA) is 40.5 Å². The Bertz CT molecular complexity index is 678. The molecule has 0 aliphatic heterocycles. The van der Waals surface area contributed by atoms with Crippen molar-refractivity contribution in [1.29, 1.82) is 0 Å². The first-order valence-corrected chi connectivity index (χ1v) is 8.68. The first-order chi connectivity index (χ1) is 11.6. The molecule has 128 valence electrons. The second-order valence-electron chi connectivity index (χ2n) is 6.37. The lowest BCUT2D eigenvalue weighted by Gasteiger charge is -2.19. The number of aryl methyl sites for hydroxylation is 1. The Morgan fingerprint density at radius 1 is 1.00 bits per heavy atom. The molecule has 0 heterocycles. The number of carbonyl (C=O) groups excluding carboxylic acids is 1. The third-order valence-electron chi connectivity index (χ3n) is 4.29. The molecule has 0 bridgehead atoms. The van der Waals surface area contributed by atoms with Crippen molar-refractivity contribution in [2.75, 3.05) is 19.0 Å². The minimum absolute atomic E-state index is 0.0850. The summed E-state index contributed by atoms with van der Waals surface area (Å²) in [4.78, 5) is 14.8. The van der Waals surface area contributed by atoms with Crippen LogP contribution in [-0.4, -0.2) is 25.0 Å². The molecule has 3 heteroatoms. The van der Waals surface area contributed by atoms with Gasteiger partial charge >= 0.3 is 0 Å². The van der Waals surface area contributed by atoms with Crippen LogP contribution in [0.1, 0.15) is 54.1 Å². The van der Waals surface area contributed by atoms with Crippen LogP contribution in [0.4, 0.5) is 5.69 Å². The number of anilines is 1. The predicted octanol–water partition coefficient (Wildman–Crippen LogP) is 4.81. The van der Waals surface area contributed by atoms with Crippen molar-refractivity contribution in [3.05, 3.63) is 59.2 Å². The van der Waals surface area contributed by atoms with Gasteiger partial charge in [-0.3, -0.25) is 4.79 Å². The SMILES string of the molecule is CCCCCCc1ccc(N(C)C)c(O)c1C(=O)c1ccccc1. The van der Waals surface area contributed by atoms with Gasteiger partial charge in [0.05, 0.1) is 11.3 Å². The van der Waals surface area contributed by atoms with E-state index < -0.39 is 0 Å². The summed E-state index contributed by atoms with van der Waals surface area (Å²) in [5.74, 6) is -0.0239. The molecule has 0 radical (unpaired) electrons. The van der Waals surface area contributed by atoms with Crippen LogP contribution in [0, 0.1) is 0 Å². The molecule has 2 aromatic rings. The average Bonchev–Trinajstić information content (AvgIpc) is 2.58. The van der Waals surface area contributed by atoms with E-state index in [4.69, 9.17) is 0 Å². The third kappa shape index (κ3) is 4.16. The van der Waals surface area contributed by atoms with Crippen molar-refractivity contribution in [3.8, 4) is 5.75 Å². The number of phenols is 1. The molecular weight excluding hydrogens is 298 g/mol. The molecule has 0 aromatic heterocycles. The number of aromatic hydroxyl groups is 1. The number of nitrogens with zero attached hydrogens (tertiary/aromatic N) is 1. The van der Waals surface area contributed by atoms with Gasteiger partial charge in [-0.2, -0.15) is 0 Å². The van der Waals surface area contributed by atoms with Crippen LogP contribution in [0.25, 0.3) is 0 Å². The quantitative estimate of drug-likeness (QED) is 0.559. The number of ketones is 1. The summed E-state index contributed by atoms with van der Waals surface area (Å²) in [7, 11) is 3.74. The monoisotopic (exact) mass is 325 g/mol. The minimum atomic E-state index is -0.109. The number of unbranched alkanes of at least 4 members (excludes halogenated alkanes) is 3. The van der Waals surface area contributed by atoms with Gasteiger partial charge < -0.3 is 10.0 Å². The molecule has 24 heavy (non-hydrogen) atoms. The normalized spacial score (nSPS) is 10.6. The fourth-order valence-corrected chi connectivity index (χ4v) is 2.92. The Kier molecular flexibility index (Phi) is 6.42. The zero-order valence-corrected chi connectivity index (χ0v) is 14.9. The molecule has 0 saturated carbocycles. The first kappa shape index (κ1) is 18.1. The number of rotatable bonds is 8. The maximum absolute atomic E-state index is 13.0. The van der Waals surface area contributed by atoms with Gasteiger partial charge in [-0.25, -0.2) is 0 Å². The van der Waals surface area contributed by atoms with Crippen molar-refractivity contribution in [2.45, 2.75) is 39.0 Å². The minimum Gasteiger partial charge on any atom is -0.505 e. The van der Waals surface area contributed by atoms with Crippen LogP contribution in [0.2, 0.25) is 0 Å². The molecule has 0 spiro atoms. The molecular formula is C21H27NO2. The van der Waals surface area contributed by atoms with E-state index in [1.807, 2.05) is 49.3 Å². The first-order valence-electron chi connectivity index (χ1n) is 8.68. The maximum atomic E-state index is 13.0. The van der Waals surface area contributed by atoms with E-state index >= 15 is 0 Å². The lowest BCUT2D eigenvalue weighted by atomic mass is 9.93. The molecule has 1 N–H and O–H groups in total. The summed E-state index contributed by atoms with van der Waals surface area (Å²) < 4.78 is 0. The summed E-state index contributed by atoms with van der Waals surface area (Å²) in [6, 6.07) is 13.1. The largest absolute Gasteiger partial charge is 0.505 e. The lowest BCUT2D eigenvalue weighted by Crippen LogP contribution is -2.13. The third-order valence-corrected chi connectivity index (χ3v) is 4.29. The molecule has 0 unspecified atom stereocenters. The Hall–Kier alpha value is -2.29. The van der Waals surface area contributed by atoms with E-state index in [0.717, 1.165) is 24.8 Å². The fourth-order valence-electron chi connectivity index (χ4n) is 2.92. The number of hydrogen-bond acceptors (Lipinski definition) is 3. The van der Waals surface area contributed by atoms with Gasteiger partial charge in [0.25, 0.3) is 0 Å². The zero-order chi connectivity index (χ0) is 17.5. The Morgan fingerprint density at radius 3 is 2.33 bits per heavy atom. The zero-order valence-electron chi connectivity index (χ0n) is 14.9. The molecule has 0 aliphatic carbocycles. The van der Waals surface area contributed by atoms with Crippen LogP contribution in [0.3, 0.4) is 0 Å². The lowest BCUT2D eigenvalue weighted by molar-refractivity contribution is 0.103. The van der Waals surface area contributed by atoms with Crippen LogP contribution in [0.5, 0.6) is 5.75 Å². The van der Waals surface area contributed by atoms with Gasteiger partial charge in [-0.1, -0.05) is 62.6 Å². The van der Waals surface area contributed by atoms with Crippen molar-refractivity contribution >= 4 is 11.5 Å². The Labute approximate surface area is 144 Å². The van der Waals surface area contributed by atoms with Crippen molar-refractivity contribution in [1.82, 2.24) is 0 Å². The molecule has 2 aromatic carbocycles. The van der Waals surface area contributed by atoms with Gasteiger partial charge in [-0.05, 0) is 24.5 Å². The predicted molar refractivity (Wildman–Crippen MR) is 100 cm³/mol. The van der Waals surface area contributed by atoms with Crippen molar-refractivity contribution in [2.24, 2.45) is 0 Å². The van der Waals surface area contributed by atoms with Gasteiger partial charge in [0.15, 0.2) is 5.78 Å². The Morgan fingerprint density at radius 2 is 1.71 bits per heavy atom. The number of hydrogen-bond donors (Lipinski definition) is 1.